The summed E-state index contributed by atoms with van der Waals surface area (Å²) in [5.74, 6) is 0.467. The van der Waals surface area contributed by atoms with Gasteiger partial charge in [0, 0.05) is 17.1 Å². The van der Waals surface area contributed by atoms with Gasteiger partial charge in [0.25, 0.3) is 0 Å². The lowest BCUT2D eigenvalue weighted by Crippen LogP contribution is -1.95. The van der Waals surface area contributed by atoms with Crippen LogP contribution in [-0.4, -0.2) is 4.98 Å². The molecule has 2 aromatic rings. The Morgan fingerprint density at radius 2 is 1.92 bits per heavy atom. The van der Waals surface area contributed by atoms with Crippen molar-refractivity contribution < 1.29 is 0 Å². The van der Waals surface area contributed by atoms with Crippen molar-refractivity contribution in [2.75, 3.05) is 11.5 Å². The average molecular weight is 173 g/mol. The van der Waals surface area contributed by atoms with Crippen molar-refractivity contribution in [2.45, 2.75) is 6.92 Å². The molecule has 0 fully saturated rings. The summed E-state index contributed by atoms with van der Waals surface area (Å²) in [5.41, 5.74) is 14.1. The molecule has 0 saturated carbocycles. The molecule has 2 rings (SSSR count). The van der Waals surface area contributed by atoms with Crippen LogP contribution in [-0.2, 0) is 0 Å². The summed E-state index contributed by atoms with van der Waals surface area (Å²) in [6.45, 7) is 2.02. The zero-order valence-electron chi connectivity index (χ0n) is 7.41. The van der Waals surface area contributed by atoms with Gasteiger partial charge in [0.15, 0.2) is 0 Å². The molecule has 1 aromatic heterocycles. The molecule has 0 unspecified atom stereocenters. The number of rotatable bonds is 0. The van der Waals surface area contributed by atoms with E-state index in [4.69, 9.17) is 11.5 Å². The van der Waals surface area contributed by atoms with Crippen LogP contribution in [0.15, 0.2) is 24.3 Å². The quantitative estimate of drug-likeness (QED) is 0.637. The third-order valence-corrected chi connectivity index (χ3v) is 2.02. The predicted molar refractivity (Wildman–Crippen MR) is 55.3 cm³/mol. The molecule has 13 heavy (non-hydrogen) atoms. The second kappa shape index (κ2) is 2.62. The normalized spacial score (nSPS) is 10.5. The lowest BCUT2D eigenvalue weighted by molar-refractivity contribution is 1.40. The van der Waals surface area contributed by atoms with Crippen LogP contribution in [0.25, 0.3) is 10.9 Å². The first kappa shape index (κ1) is 7.86. The summed E-state index contributed by atoms with van der Waals surface area (Å²) in [6, 6.07) is 7.62. The highest BCUT2D eigenvalue weighted by molar-refractivity contribution is 5.92. The summed E-state index contributed by atoms with van der Waals surface area (Å²) in [4.78, 5) is 4.18. The first-order chi connectivity index (χ1) is 6.16. The molecule has 1 aromatic carbocycles. The number of hydrogen-bond donors (Lipinski definition) is 2. The molecule has 0 bridgehead atoms. The van der Waals surface area contributed by atoms with Gasteiger partial charge in [-0.3, -0.25) is 0 Å². The summed E-state index contributed by atoms with van der Waals surface area (Å²) >= 11 is 0. The van der Waals surface area contributed by atoms with Crippen LogP contribution in [0.4, 0.5) is 11.5 Å². The van der Waals surface area contributed by atoms with E-state index in [-0.39, 0.29) is 0 Å². The highest BCUT2D eigenvalue weighted by Crippen LogP contribution is 2.22. The molecular formula is C10H11N3. The van der Waals surface area contributed by atoms with Gasteiger partial charge in [0.05, 0.1) is 5.52 Å². The van der Waals surface area contributed by atoms with Crippen LogP contribution in [0.5, 0.6) is 0 Å². The van der Waals surface area contributed by atoms with E-state index in [9.17, 15) is 0 Å². The van der Waals surface area contributed by atoms with Crippen LogP contribution in [0.2, 0.25) is 0 Å². The van der Waals surface area contributed by atoms with E-state index in [1.165, 1.54) is 5.56 Å². The number of nitrogens with two attached hydrogens (primary N) is 2. The van der Waals surface area contributed by atoms with Crippen LogP contribution >= 0.6 is 0 Å². The smallest absolute Gasteiger partial charge is 0.126 e. The molecule has 0 aliphatic rings. The van der Waals surface area contributed by atoms with Crippen LogP contribution in [0.1, 0.15) is 5.56 Å². The summed E-state index contributed by atoms with van der Waals surface area (Å²) in [6.07, 6.45) is 0. The molecular weight excluding hydrogens is 162 g/mol. The Kier molecular flexibility index (Phi) is 1.59. The van der Waals surface area contributed by atoms with Crippen LogP contribution in [0.3, 0.4) is 0 Å². The van der Waals surface area contributed by atoms with Crippen LogP contribution < -0.4 is 11.5 Å². The van der Waals surface area contributed by atoms with Gasteiger partial charge in [-0.1, -0.05) is 11.6 Å². The third-order valence-electron chi connectivity index (χ3n) is 2.02. The van der Waals surface area contributed by atoms with Crippen molar-refractivity contribution in [1.82, 2.24) is 4.98 Å². The number of pyridine rings is 1. The van der Waals surface area contributed by atoms with E-state index in [0.717, 1.165) is 10.9 Å². The lowest BCUT2D eigenvalue weighted by atomic mass is 10.1. The van der Waals surface area contributed by atoms with Gasteiger partial charge in [-0.15, -0.1) is 0 Å². The molecule has 0 saturated heterocycles. The minimum Gasteiger partial charge on any atom is -0.398 e. The molecule has 3 nitrogen and oxygen atoms in total. The highest BCUT2D eigenvalue weighted by Gasteiger charge is 2.00. The fourth-order valence-electron chi connectivity index (χ4n) is 1.39. The molecule has 3 heteroatoms. The highest BCUT2D eigenvalue weighted by atomic mass is 14.8. The molecule has 0 aliphatic carbocycles. The van der Waals surface area contributed by atoms with E-state index in [1.807, 2.05) is 25.1 Å². The first-order valence-electron chi connectivity index (χ1n) is 4.09. The van der Waals surface area contributed by atoms with Crippen molar-refractivity contribution in [3.8, 4) is 0 Å². The van der Waals surface area contributed by atoms with Crippen LogP contribution in [0, 0.1) is 6.92 Å². The topological polar surface area (TPSA) is 64.9 Å². The molecule has 4 N–H and O–H groups in total. The number of aromatic nitrogens is 1. The Hall–Kier alpha value is -1.77. The Balaban J connectivity index is 2.87. The largest absolute Gasteiger partial charge is 0.398 e. The van der Waals surface area contributed by atoms with E-state index in [0.29, 0.717) is 11.5 Å². The minimum absolute atomic E-state index is 0.467. The van der Waals surface area contributed by atoms with E-state index in [1.54, 1.807) is 6.07 Å². The van der Waals surface area contributed by atoms with Crippen molar-refractivity contribution in [1.29, 1.82) is 0 Å². The van der Waals surface area contributed by atoms with Gasteiger partial charge >= 0.3 is 0 Å². The van der Waals surface area contributed by atoms with E-state index >= 15 is 0 Å². The van der Waals surface area contributed by atoms with Gasteiger partial charge in [0.2, 0.25) is 0 Å². The third kappa shape index (κ3) is 1.28. The van der Waals surface area contributed by atoms with Gasteiger partial charge in [-0.05, 0) is 19.1 Å². The van der Waals surface area contributed by atoms with Crippen molar-refractivity contribution in [2.24, 2.45) is 0 Å². The number of nitrogens with zero attached hydrogens (tertiary/aromatic N) is 1. The Morgan fingerprint density at radius 3 is 2.69 bits per heavy atom. The van der Waals surface area contributed by atoms with Gasteiger partial charge < -0.3 is 11.5 Å². The minimum atomic E-state index is 0.467. The number of fused-ring (bicyclic) bond motifs is 1. The monoisotopic (exact) mass is 173 g/mol. The number of anilines is 2. The average Bonchev–Trinajstić information content (AvgIpc) is 2.06. The SMILES string of the molecule is Cc1ccc2nc(N)cc(N)c2c1. The molecule has 0 amide bonds. The maximum atomic E-state index is 5.81. The number of nitrogen functional groups attached to an aromatic ring is 2. The summed E-state index contributed by atoms with van der Waals surface area (Å²) < 4.78 is 0. The number of benzene rings is 1. The van der Waals surface area contributed by atoms with Crippen molar-refractivity contribution >= 4 is 22.4 Å². The molecule has 0 spiro atoms. The maximum absolute atomic E-state index is 5.81. The van der Waals surface area contributed by atoms with Gasteiger partial charge in [-0.2, -0.15) is 0 Å². The van der Waals surface area contributed by atoms with Crippen molar-refractivity contribution in [3.05, 3.63) is 29.8 Å². The molecule has 66 valence electrons. The molecule has 1 heterocycles. The summed E-state index contributed by atoms with van der Waals surface area (Å²) in [5, 5.41) is 0.967. The van der Waals surface area contributed by atoms with Gasteiger partial charge in [0.1, 0.15) is 5.82 Å². The van der Waals surface area contributed by atoms with E-state index < -0.39 is 0 Å². The van der Waals surface area contributed by atoms with Crippen molar-refractivity contribution in [3.63, 3.8) is 0 Å². The van der Waals surface area contributed by atoms with E-state index in [2.05, 4.69) is 4.98 Å². The zero-order valence-corrected chi connectivity index (χ0v) is 7.41. The number of aryl methyl sites for hydroxylation is 1. The standard InChI is InChI=1S/C10H11N3/c1-6-2-3-9-7(4-6)8(11)5-10(12)13-9/h2-5H,1H3,(H4,11,12,13). The Labute approximate surface area is 76.4 Å². The Bertz CT molecular complexity index is 463. The zero-order chi connectivity index (χ0) is 9.42. The maximum Gasteiger partial charge on any atom is 0.126 e. The fourth-order valence-corrected chi connectivity index (χ4v) is 1.39. The molecule has 0 atom stereocenters. The van der Waals surface area contributed by atoms with Gasteiger partial charge in [-0.25, -0.2) is 4.98 Å². The lowest BCUT2D eigenvalue weighted by Gasteiger charge is -2.03. The predicted octanol–water partition coefficient (Wildman–Crippen LogP) is 1.71. The molecule has 0 radical (unpaired) electrons. The fraction of sp³-hybridized carbons (Fsp3) is 0.100. The Morgan fingerprint density at radius 1 is 1.15 bits per heavy atom. The molecule has 0 aliphatic heterocycles. The second-order valence-electron chi connectivity index (χ2n) is 3.16. The summed E-state index contributed by atoms with van der Waals surface area (Å²) in [7, 11) is 0. The second-order valence-corrected chi connectivity index (χ2v) is 3.16. The number of hydrogen-bond acceptors (Lipinski definition) is 3. The first-order valence-corrected chi connectivity index (χ1v) is 4.09.